The van der Waals surface area contributed by atoms with Crippen LogP contribution in [0.4, 0.5) is 22.7 Å². The molecule has 1 aliphatic carbocycles. The van der Waals surface area contributed by atoms with Crippen LogP contribution in [0.15, 0.2) is 254 Å². The number of benzene rings is 10. The van der Waals surface area contributed by atoms with Gasteiger partial charge in [-0.25, -0.2) is 0 Å². The highest BCUT2D eigenvalue weighted by Crippen LogP contribution is 2.52. The average molecular weight is 1030 g/mol. The first-order valence-electron chi connectivity index (χ1n) is 27.0. The molecule has 0 saturated carbocycles. The van der Waals surface area contributed by atoms with Crippen molar-refractivity contribution < 1.29 is 0 Å². The molecule has 0 bridgehead atoms. The largest absolute Gasteiger partial charge is 0.333 e. The van der Waals surface area contributed by atoms with Gasteiger partial charge in [-0.15, -0.1) is 22.7 Å². The minimum absolute atomic E-state index is 0.137. The van der Waals surface area contributed by atoms with Crippen molar-refractivity contribution in [3.8, 4) is 22.3 Å². The fraction of sp³-hybridized carbons (Fsp3) is 0.123. The van der Waals surface area contributed by atoms with Crippen molar-refractivity contribution in [2.75, 3.05) is 9.80 Å². The number of hydrogen-bond acceptors (Lipinski definition) is 4. The Kier molecular flexibility index (Phi) is 14.9. The predicted octanol–water partition coefficient (Wildman–Crippen LogP) is 21.6. The van der Waals surface area contributed by atoms with Crippen molar-refractivity contribution in [1.29, 1.82) is 0 Å². The Bertz CT molecular complexity index is 4100. The van der Waals surface area contributed by atoms with E-state index in [1.54, 1.807) is 0 Å². The lowest BCUT2D eigenvalue weighted by Gasteiger charge is -2.34. The van der Waals surface area contributed by atoms with Gasteiger partial charge in [-0.3, -0.25) is 0 Å². The molecule has 2 aromatic heterocycles. The third kappa shape index (κ3) is 10.3. The summed E-state index contributed by atoms with van der Waals surface area (Å²) in [6, 6.07) is 83.6. The first-order valence-corrected chi connectivity index (χ1v) is 28.6. The maximum Gasteiger partial charge on any atom is 0.0649 e. The Labute approximate surface area is 463 Å². The standard InChI is InChI=1S/C43H32N2S.C15H16.C13H10S.C2H6/c1-29-13-12-14-30(25-29)34-19-8-10-21-39(34)44(31-15-4-2-5-16-31)33-23-24-35-37-28-43-38(36-20-9-11-22-42(36)46-43)27-41(37)45(40(35)26-33)32-17-6-3-7-18-32;1-11-8-9-13(3)15(10-11)14-7-5-4-6-12(14)2;1-9-6-7-13-11(8-9)10-4-2-3-5-12(10)14-13;1-2/h2-28,35,40H,1H3;4-10H,1-3H3;2-8H,1H3;1-2H3. The second-order valence-electron chi connectivity index (χ2n) is 20.0. The molecule has 2 aliphatic rings. The number of thiophene rings is 2. The summed E-state index contributed by atoms with van der Waals surface area (Å²) >= 11 is 3.77. The fourth-order valence-electron chi connectivity index (χ4n) is 11.1. The van der Waals surface area contributed by atoms with E-state index in [2.05, 4.69) is 293 Å². The van der Waals surface area contributed by atoms with Gasteiger partial charge in [0.25, 0.3) is 0 Å². The number of fused-ring (bicyclic) bond motifs is 9. The molecule has 0 amide bonds. The second kappa shape index (κ2) is 22.5. The lowest BCUT2D eigenvalue weighted by molar-refractivity contribution is 0.735. The van der Waals surface area contributed by atoms with Crippen LogP contribution in [0.2, 0.25) is 0 Å². The average Bonchev–Trinajstić information content (AvgIpc) is 4.26. The molecule has 0 saturated heterocycles. The molecule has 77 heavy (non-hydrogen) atoms. The van der Waals surface area contributed by atoms with Gasteiger partial charge in [-0.1, -0.05) is 200 Å². The van der Waals surface area contributed by atoms with Gasteiger partial charge in [0.15, 0.2) is 0 Å². The summed E-state index contributed by atoms with van der Waals surface area (Å²) in [5, 5.41) is 5.45. The van der Waals surface area contributed by atoms with Crippen LogP contribution < -0.4 is 9.80 Å². The number of nitrogens with zero attached hydrogens (tertiary/aromatic N) is 2. The smallest absolute Gasteiger partial charge is 0.0649 e. The molecule has 10 aromatic carbocycles. The molecule has 2 unspecified atom stereocenters. The van der Waals surface area contributed by atoms with E-state index in [4.69, 9.17) is 0 Å². The normalized spacial score (nSPS) is 14.2. The Balaban J connectivity index is 0.000000164. The number of anilines is 4. The van der Waals surface area contributed by atoms with Gasteiger partial charge in [0.05, 0.1) is 11.7 Å². The minimum atomic E-state index is 0.137. The molecule has 0 radical (unpaired) electrons. The van der Waals surface area contributed by atoms with Crippen molar-refractivity contribution in [2.45, 2.75) is 60.4 Å². The van der Waals surface area contributed by atoms with Crippen molar-refractivity contribution >= 4 is 85.8 Å². The number of aryl methyl sites for hydroxylation is 5. The molecule has 2 atom stereocenters. The molecule has 0 fully saturated rings. The molecular formula is C73H64N2S2. The van der Waals surface area contributed by atoms with Gasteiger partial charge in [0.2, 0.25) is 0 Å². The molecule has 0 N–H and O–H groups in total. The topological polar surface area (TPSA) is 6.48 Å². The Hall–Kier alpha value is -8.28. The lowest BCUT2D eigenvalue weighted by Crippen LogP contribution is -2.31. The van der Waals surface area contributed by atoms with E-state index in [9.17, 15) is 0 Å². The van der Waals surface area contributed by atoms with E-state index in [0.29, 0.717) is 0 Å². The zero-order chi connectivity index (χ0) is 53.0. The highest BCUT2D eigenvalue weighted by molar-refractivity contribution is 7.26. The number of hydrogen-bond donors (Lipinski definition) is 0. The molecule has 2 nitrogen and oxygen atoms in total. The van der Waals surface area contributed by atoms with Gasteiger partial charge in [0, 0.05) is 74.6 Å². The predicted molar refractivity (Wildman–Crippen MR) is 338 cm³/mol. The Morgan fingerprint density at radius 2 is 0.987 bits per heavy atom. The van der Waals surface area contributed by atoms with Crippen LogP contribution in [0.1, 0.15) is 53.1 Å². The molecule has 1 aliphatic heterocycles. The molecule has 12 aromatic rings. The molecule has 0 spiro atoms. The SMILES string of the molecule is CC.Cc1ccc(C)c(-c2ccccc2C)c1.Cc1ccc2sc3ccccc3c2c1.Cc1cccc(-c2ccccc2N(C2=CC3C(C=C2)c2cc4sc5ccccc5c4cc2N3c2ccccc2)c2ccccc2)c1. The van der Waals surface area contributed by atoms with Gasteiger partial charge >= 0.3 is 0 Å². The summed E-state index contributed by atoms with van der Waals surface area (Å²) in [5.41, 5.74) is 19.1. The van der Waals surface area contributed by atoms with Crippen molar-refractivity contribution in [3.05, 3.63) is 288 Å². The minimum Gasteiger partial charge on any atom is -0.333 e. The highest BCUT2D eigenvalue weighted by atomic mass is 32.1. The van der Waals surface area contributed by atoms with Crippen LogP contribution in [0.25, 0.3) is 62.6 Å². The highest BCUT2D eigenvalue weighted by Gasteiger charge is 2.40. The third-order valence-corrected chi connectivity index (χ3v) is 17.1. The van der Waals surface area contributed by atoms with Crippen molar-refractivity contribution in [3.63, 3.8) is 0 Å². The Morgan fingerprint density at radius 3 is 1.71 bits per heavy atom. The maximum absolute atomic E-state index is 2.56. The zero-order valence-corrected chi connectivity index (χ0v) is 46.7. The van der Waals surface area contributed by atoms with Gasteiger partial charge < -0.3 is 9.80 Å². The van der Waals surface area contributed by atoms with Crippen LogP contribution in [0.3, 0.4) is 0 Å². The zero-order valence-electron chi connectivity index (χ0n) is 45.0. The molecule has 3 heterocycles. The third-order valence-electron chi connectivity index (χ3n) is 14.8. The van der Waals surface area contributed by atoms with Gasteiger partial charge in [0.1, 0.15) is 0 Å². The summed E-state index contributed by atoms with van der Waals surface area (Å²) in [6.07, 6.45) is 7.27. The summed E-state index contributed by atoms with van der Waals surface area (Å²) in [4.78, 5) is 4.99. The van der Waals surface area contributed by atoms with E-state index >= 15 is 0 Å². The molecule has 14 rings (SSSR count). The number of para-hydroxylation sites is 3. The van der Waals surface area contributed by atoms with E-state index in [0.717, 1.165) is 5.69 Å². The quantitative estimate of drug-likeness (QED) is 0.164. The lowest BCUT2D eigenvalue weighted by atomic mass is 9.89. The molecule has 4 heteroatoms. The van der Waals surface area contributed by atoms with E-state index in [1.165, 1.54) is 119 Å². The maximum atomic E-state index is 2.56. The number of allylic oxidation sites excluding steroid dienone is 1. The summed E-state index contributed by atoms with van der Waals surface area (Å²) in [5.74, 6) is 0.248. The van der Waals surface area contributed by atoms with Crippen LogP contribution in [0.5, 0.6) is 0 Å². The number of rotatable bonds is 6. The summed E-state index contributed by atoms with van der Waals surface area (Å²) < 4.78 is 5.47. The van der Waals surface area contributed by atoms with E-state index in [1.807, 2.05) is 36.5 Å². The van der Waals surface area contributed by atoms with Gasteiger partial charge in [-0.05, 0) is 147 Å². The fourth-order valence-corrected chi connectivity index (χ4v) is 13.3. The van der Waals surface area contributed by atoms with Crippen LogP contribution >= 0.6 is 22.7 Å². The van der Waals surface area contributed by atoms with E-state index < -0.39 is 0 Å². The monoisotopic (exact) mass is 1030 g/mol. The van der Waals surface area contributed by atoms with Crippen molar-refractivity contribution in [1.82, 2.24) is 0 Å². The molecular weight excluding hydrogens is 969 g/mol. The summed E-state index contributed by atoms with van der Waals surface area (Å²) in [7, 11) is 0. The van der Waals surface area contributed by atoms with Gasteiger partial charge in [-0.2, -0.15) is 0 Å². The second-order valence-corrected chi connectivity index (χ2v) is 22.1. The molecule has 378 valence electrons. The Morgan fingerprint density at radius 1 is 0.416 bits per heavy atom. The van der Waals surface area contributed by atoms with Crippen LogP contribution in [0, 0.1) is 34.6 Å². The van der Waals surface area contributed by atoms with Crippen LogP contribution in [-0.4, -0.2) is 6.04 Å². The first-order chi connectivity index (χ1) is 37.8. The van der Waals surface area contributed by atoms with E-state index in [-0.39, 0.29) is 12.0 Å². The van der Waals surface area contributed by atoms with Crippen LogP contribution in [-0.2, 0) is 0 Å². The van der Waals surface area contributed by atoms with Crippen molar-refractivity contribution in [2.24, 2.45) is 0 Å². The summed E-state index contributed by atoms with van der Waals surface area (Å²) in [6.45, 7) is 14.8. The first kappa shape index (κ1) is 50.9.